The van der Waals surface area contributed by atoms with Gasteiger partial charge >= 0.3 is 5.97 Å². The second-order valence-electron chi connectivity index (χ2n) is 4.26. The van der Waals surface area contributed by atoms with E-state index in [9.17, 15) is 4.79 Å². The molecule has 0 fully saturated rings. The molecule has 1 rings (SSSR count). The van der Waals surface area contributed by atoms with Crippen molar-refractivity contribution in [1.29, 1.82) is 0 Å². The molecule has 0 aromatic heterocycles. The van der Waals surface area contributed by atoms with Gasteiger partial charge in [0.25, 0.3) is 0 Å². The summed E-state index contributed by atoms with van der Waals surface area (Å²) in [4.78, 5) is 11.8. The zero-order valence-corrected chi connectivity index (χ0v) is 12.6. The van der Waals surface area contributed by atoms with Crippen LogP contribution in [0.5, 0.6) is 0 Å². The minimum absolute atomic E-state index is 0.154. The maximum atomic E-state index is 11.8. The van der Waals surface area contributed by atoms with Gasteiger partial charge in [-0.1, -0.05) is 48.5 Å². The van der Waals surface area contributed by atoms with Gasteiger partial charge in [-0.25, -0.2) is 4.79 Å². The Bertz CT molecular complexity index is 550. The van der Waals surface area contributed by atoms with Crippen LogP contribution in [0.15, 0.2) is 65.4 Å². The number of allylic oxidation sites excluding steroid dienone is 1. The average molecular weight is 308 g/mol. The molecule has 0 atom stereocenters. The standard InChI is InChI=1S/C16H18ClNO3/c1-12(8-15(18)9-14(17)11-20-2)16(19)21-10-13-6-4-3-5-7-13/h3-9H,1,10-11,18H2,2H3/b14-9+,15-8+. The molecule has 0 aliphatic heterocycles. The predicted octanol–water partition coefficient (Wildman–Crippen LogP) is 2.90. The van der Waals surface area contributed by atoms with Gasteiger partial charge in [0.1, 0.15) is 6.61 Å². The van der Waals surface area contributed by atoms with E-state index in [0.717, 1.165) is 5.56 Å². The van der Waals surface area contributed by atoms with Crippen molar-refractivity contribution in [1.82, 2.24) is 0 Å². The minimum atomic E-state index is -0.530. The molecule has 0 aliphatic rings. The summed E-state index contributed by atoms with van der Waals surface area (Å²) in [5, 5.41) is 0.428. The van der Waals surface area contributed by atoms with Gasteiger partial charge in [0, 0.05) is 17.8 Å². The molecule has 0 radical (unpaired) electrons. The SMILES string of the molecule is C=C(/C=C(N)\C=C(\Cl)COC)C(=O)OCc1ccccc1. The van der Waals surface area contributed by atoms with E-state index >= 15 is 0 Å². The van der Waals surface area contributed by atoms with E-state index in [1.807, 2.05) is 30.3 Å². The largest absolute Gasteiger partial charge is 0.457 e. The molecule has 2 N–H and O–H groups in total. The highest BCUT2D eigenvalue weighted by Gasteiger charge is 2.07. The van der Waals surface area contributed by atoms with E-state index < -0.39 is 5.97 Å². The molecular formula is C16H18ClNO3. The number of nitrogens with two attached hydrogens (primary N) is 1. The number of benzene rings is 1. The third-order valence-electron chi connectivity index (χ3n) is 2.42. The number of rotatable bonds is 7. The minimum Gasteiger partial charge on any atom is -0.457 e. The van der Waals surface area contributed by atoms with Crippen LogP contribution in [0.3, 0.4) is 0 Å². The fourth-order valence-corrected chi connectivity index (χ4v) is 1.71. The van der Waals surface area contributed by atoms with E-state index in [1.54, 1.807) is 0 Å². The van der Waals surface area contributed by atoms with Crippen LogP contribution in [-0.2, 0) is 20.9 Å². The summed E-state index contributed by atoms with van der Waals surface area (Å²) in [6.45, 7) is 4.06. The number of methoxy groups -OCH3 is 1. The lowest BCUT2D eigenvalue weighted by molar-refractivity contribution is -0.139. The first-order valence-corrected chi connectivity index (χ1v) is 6.63. The molecule has 0 saturated heterocycles. The number of carbonyl (C=O) groups excluding carboxylic acids is 1. The van der Waals surface area contributed by atoms with Gasteiger partial charge in [0.2, 0.25) is 0 Å². The zero-order valence-electron chi connectivity index (χ0n) is 11.8. The van der Waals surface area contributed by atoms with Gasteiger partial charge in [-0.2, -0.15) is 0 Å². The molecular weight excluding hydrogens is 290 g/mol. The van der Waals surface area contributed by atoms with Crippen LogP contribution >= 0.6 is 11.6 Å². The second-order valence-corrected chi connectivity index (χ2v) is 4.74. The van der Waals surface area contributed by atoms with Crippen LogP contribution in [0.1, 0.15) is 5.56 Å². The van der Waals surface area contributed by atoms with Crippen molar-refractivity contribution in [2.75, 3.05) is 13.7 Å². The maximum Gasteiger partial charge on any atom is 0.337 e. The summed E-state index contributed by atoms with van der Waals surface area (Å²) in [6, 6.07) is 9.38. The van der Waals surface area contributed by atoms with Crippen LogP contribution < -0.4 is 5.73 Å². The summed E-state index contributed by atoms with van der Waals surface area (Å²) in [5.41, 5.74) is 7.09. The molecule has 0 saturated carbocycles. The zero-order chi connectivity index (χ0) is 15.7. The van der Waals surface area contributed by atoms with E-state index in [-0.39, 0.29) is 18.8 Å². The Balaban J connectivity index is 2.54. The van der Waals surface area contributed by atoms with E-state index in [1.165, 1.54) is 19.3 Å². The first-order chi connectivity index (χ1) is 10.0. The summed E-state index contributed by atoms with van der Waals surface area (Å²) in [5.74, 6) is -0.530. The number of halogens is 1. The fraction of sp³-hybridized carbons (Fsp3) is 0.188. The van der Waals surface area contributed by atoms with Gasteiger partial charge in [-0.15, -0.1) is 0 Å². The third kappa shape index (κ3) is 6.79. The molecule has 4 nitrogen and oxygen atoms in total. The second kappa shape index (κ2) is 9.00. The molecule has 1 aromatic rings. The topological polar surface area (TPSA) is 61.5 Å². The molecule has 0 heterocycles. The molecule has 0 amide bonds. The number of ether oxygens (including phenoxy) is 2. The fourth-order valence-electron chi connectivity index (χ4n) is 1.48. The first-order valence-electron chi connectivity index (χ1n) is 6.25. The molecule has 112 valence electrons. The molecule has 21 heavy (non-hydrogen) atoms. The molecule has 0 aliphatic carbocycles. The highest BCUT2D eigenvalue weighted by molar-refractivity contribution is 6.29. The van der Waals surface area contributed by atoms with Crippen molar-refractivity contribution in [2.24, 2.45) is 5.73 Å². The van der Waals surface area contributed by atoms with Gasteiger partial charge < -0.3 is 15.2 Å². The number of hydrogen-bond acceptors (Lipinski definition) is 4. The Hall–Kier alpha value is -2.04. The molecule has 0 spiro atoms. The number of esters is 1. The number of hydrogen-bond donors (Lipinski definition) is 1. The van der Waals surface area contributed by atoms with Crippen molar-refractivity contribution in [3.63, 3.8) is 0 Å². The Morgan fingerprint density at radius 2 is 2.00 bits per heavy atom. The summed E-state index contributed by atoms with van der Waals surface area (Å²) in [7, 11) is 1.52. The Morgan fingerprint density at radius 3 is 2.62 bits per heavy atom. The monoisotopic (exact) mass is 307 g/mol. The van der Waals surface area contributed by atoms with Gasteiger partial charge in [0.05, 0.1) is 12.2 Å². The highest BCUT2D eigenvalue weighted by atomic mass is 35.5. The van der Waals surface area contributed by atoms with Crippen molar-refractivity contribution < 1.29 is 14.3 Å². The molecule has 1 aromatic carbocycles. The maximum absolute atomic E-state index is 11.8. The van der Waals surface area contributed by atoms with Crippen molar-refractivity contribution in [3.8, 4) is 0 Å². The Labute approximate surface area is 129 Å². The van der Waals surface area contributed by atoms with E-state index in [4.69, 9.17) is 26.8 Å². The number of carbonyl (C=O) groups is 1. The Kier molecular flexibility index (Phi) is 7.29. The van der Waals surface area contributed by atoms with E-state index in [0.29, 0.717) is 10.7 Å². The summed E-state index contributed by atoms with van der Waals surface area (Å²) < 4.78 is 9.97. The smallest absolute Gasteiger partial charge is 0.337 e. The van der Waals surface area contributed by atoms with E-state index in [2.05, 4.69) is 6.58 Å². The predicted molar refractivity (Wildman–Crippen MR) is 83.5 cm³/mol. The highest BCUT2D eigenvalue weighted by Crippen LogP contribution is 2.08. The van der Waals surface area contributed by atoms with Crippen LogP contribution in [0, 0.1) is 0 Å². The molecule has 5 heteroatoms. The average Bonchev–Trinajstić information content (AvgIpc) is 2.45. The quantitative estimate of drug-likeness (QED) is 0.478. The lowest BCUT2D eigenvalue weighted by atomic mass is 10.2. The van der Waals surface area contributed by atoms with Gasteiger partial charge in [-0.3, -0.25) is 0 Å². The van der Waals surface area contributed by atoms with Crippen molar-refractivity contribution >= 4 is 17.6 Å². The Morgan fingerprint density at radius 1 is 1.33 bits per heavy atom. The molecule has 0 bridgehead atoms. The summed E-state index contributed by atoms with van der Waals surface area (Å²) in [6.07, 6.45) is 2.91. The van der Waals surface area contributed by atoms with Crippen molar-refractivity contribution in [3.05, 3.63) is 70.9 Å². The van der Waals surface area contributed by atoms with Gasteiger partial charge in [0.15, 0.2) is 0 Å². The van der Waals surface area contributed by atoms with Crippen LogP contribution in [0.25, 0.3) is 0 Å². The first kappa shape index (κ1) is 17.0. The lowest BCUT2D eigenvalue weighted by Gasteiger charge is -2.05. The normalized spacial score (nSPS) is 12.1. The van der Waals surface area contributed by atoms with Crippen LogP contribution in [0.4, 0.5) is 0 Å². The van der Waals surface area contributed by atoms with Crippen LogP contribution in [0.2, 0.25) is 0 Å². The van der Waals surface area contributed by atoms with Crippen molar-refractivity contribution in [2.45, 2.75) is 6.61 Å². The van der Waals surface area contributed by atoms with Gasteiger partial charge in [-0.05, 0) is 17.7 Å². The third-order valence-corrected chi connectivity index (χ3v) is 2.64. The van der Waals surface area contributed by atoms with Crippen LogP contribution in [-0.4, -0.2) is 19.7 Å². The summed E-state index contributed by atoms with van der Waals surface area (Å²) >= 11 is 5.85. The lowest BCUT2D eigenvalue weighted by Crippen LogP contribution is -2.07. The molecule has 0 unspecified atom stereocenters.